The van der Waals surface area contributed by atoms with Crippen molar-refractivity contribution in [3.05, 3.63) is 0 Å². The normalized spacial score (nSPS) is 12.8. The number of Topliss-reactive ketones (excluding diaryl/α,β-unsaturated/α-hetero) is 1. The van der Waals surface area contributed by atoms with E-state index in [4.69, 9.17) is 11.6 Å². The van der Waals surface area contributed by atoms with Crippen LogP contribution in [0.5, 0.6) is 0 Å². The fourth-order valence-electron chi connectivity index (χ4n) is 0.511. The van der Waals surface area contributed by atoms with Gasteiger partial charge in [-0.25, -0.2) is 0 Å². The second-order valence-electron chi connectivity index (χ2n) is 2.11. The van der Waals surface area contributed by atoms with E-state index in [-0.39, 0.29) is 11.7 Å². The summed E-state index contributed by atoms with van der Waals surface area (Å²) in [4.78, 5) is 10.4. The van der Waals surface area contributed by atoms with Gasteiger partial charge in [0.1, 0.15) is 5.78 Å². The number of carbonyl (C=O) groups excluding carboxylic acids is 1. The summed E-state index contributed by atoms with van der Waals surface area (Å²) in [6, 6.07) is 0. The van der Waals surface area contributed by atoms with Crippen molar-refractivity contribution in [3.8, 4) is 0 Å². The van der Waals surface area contributed by atoms with Crippen molar-refractivity contribution in [1.29, 1.82) is 0 Å². The van der Waals surface area contributed by atoms with E-state index in [1.165, 1.54) is 6.92 Å². The van der Waals surface area contributed by atoms with Crippen LogP contribution in [0.1, 0.15) is 20.3 Å². The minimum atomic E-state index is 0.0409. The lowest BCUT2D eigenvalue weighted by molar-refractivity contribution is -0.117. The molecule has 0 radical (unpaired) electrons. The van der Waals surface area contributed by atoms with Crippen molar-refractivity contribution >= 4 is 33.9 Å². The Hall–Kier alpha value is 0.0500. The highest BCUT2D eigenvalue weighted by atomic mass is 35.5. The molecule has 1 nitrogen and oxygen atoms in total. The summed E-state index contributed by atoms with van der Waals surface area (Å²) in [5.41, 5.74) is 0. The van der Waals surface area contributed by atoms with Crippen molar-refractivity contribution in [2.24, 2.45) is 5.92 Å². The molecule has 0 aliphatic rings. The molecule has 0 heterocycles. The number of halogens is 1. The van der Waals surface area contributed by atoms with Crippen LogP contribution in [0, 0.1) is 5.92 Å². The molecule has 0 saturated heterocycles. The lowest BCUT2D eigenvalue weighted by atomic mass is 10.1. The minimum absolute atomic E-state index is 0.0409. The molecule has 0 spiro atoms. The predicted molar refractivity (Wildman–Crippen MR) is 42.9 cm³/mol. The molecule has 0 fully saturated rings. The first-order chi connectivity index (χ1) is 4.04. The van der Waals surface area contributed by atoms with Crippen LogP contribution in [0.3, 0.4) is 0 Å². The van der Waals surface area contributed by atoms with Gasteiger partial charge in [-0.3, -0.25) is 0 Å². The fraction of sp³-hybridized carbons (Fsp3) is 0.667. The van der Waals surface area contributed by atoms with E-state index >= 15 is 0 Å². The summed E-state index contributed by atoms with van der Waals surface area (Å²) < 4.78 is 0.394. The Bertz CT molecular complexity index is 133. The molecule has 1 atom stereocenters. The van der Waals surface area contributed by atoms with E-state index in [1.54, 1.807) is 0 Å². The number of hydrogen-bond donors (Lipinski definition) is 0. The number of ketones is 1. The van der Waals surface area contributed by atoms with Crippen LogP contribution in [0.25, 0.3) is 0 Å². The number of rotatable bonds is 3. The molecule has 0 N–H and O–H groups in total. The van der Waals surface area contributed by atoms with E-state index < -0.39 is 0 Å². The third kappa shape index (κ3) is 4.55. The standard InChI is InChI=1S/C6H9ClOS/c1-4(6(7)9)3-5(2)8/h4H,3H2,1-2H3. The van der Waals surface area contributed by atoms with Crippen molar-refractivity contribution < 1.29 is 4.79 Å². The van der Waals surface area contributed by atoms with Gasteiger partial charge in [0.2, 0.25) is 0 Å². The zero-order chi connectivity index (χ0) is 7.44. The smallest absolute Gasteiger partial charge is 0.130 e. The molecule has 0 amide bonds. The summed E-state index contributed by atoms with van der Waals surface area (Å²) in [6.45, 7) is 3.38. The third-order valence-corrected chi connectivity index (χ3v) is 1.76. The topological polar surface area (TPSA) is 17.1 Å². The second-order valence-corrected chi connectivity index (χ2v) is 3.18. The first-order valence-electron chi connectivity index (χ1n) is 2.73. The summed E-state index contributed by atoms with van der Waals surface area (Å²) in [5.74, 6) is 0.171. The molecule has 0 aliphatic heterocycles. The molecule has 0 bridgehead atoms. The average molecular weight is 165 g/mol. The molecule has 0 aliphatic carbocycles. The van der Waals surface area contributed by atoms with Gasteiger partial charge in [0.15, 0.2) is 0 Å². The molecular weight excluding hydrogens is 156 g/mol. The van der Waals surface area contributed by atoms with E-state index in [2.05, 4.69) is 12.2 Å². The van der Waals surface area contributed by atoms with Crippen molar-refractivity contribution in [3.63, 3.8) is 0 Å². The van der Waals surface area contributed by atoms with Crippen LogP contribution in [-0.2, 0) is 4.79 Å². The molecular formula is C6H9ClOS. The van der Waals surface area contributed by atoms with Crippen LogP contribution >= 0.6 is 23.8 Å². The fourth-order valence-corrected chi connectivity index (χ4v) is 0.672. The van der Waals surface area contributed by atoms with Gasteiger partial charge in [-0.2, -0.15) is 0 Å². The van der Waals surface area contributed by atoms with Gasteiger partial charge in [0, 0.05) is 12.3 Å². The Kier molecular flexibility index (Phi) is 3.98. The highest BCUT2D eigenvalue weighted by Gasteiger charge is 2.07. The van der Waals surface area contributed by atoms with Gasteiger partial charge in [-0.05, 0) is 6.92 Å². The molecule has 0 rings (SSSR count). The first-order valence-corrected chi connectivity index (χ1v) is 3.51. The maximum atomic E-state index is 10.4. The molecule has 0 aromatic carbocycles. The second kappa shape index (κ2) is 3.96. The molecule has 9 heavy (non-hydrogen) atoms. The lowest BCUT2D eigenvalue weighted by Crippen LogP contribution is -2.06. The largest absolute Gasteiger partial charge is 0.300 e. The SMILES string of the molecule is CC(=O)CC(C)C(=S)Cl. The highest BCUT2D eigenvalue weighted by molar-refractivity contribution is 7.83. The van der Waals surface area contributed by atoms with E-state index in [0.29, 0.717) is 10.7 Å². The first kappa shape index (κ1) is 9.05. The Morgan fingerprint density at radius 3 is 2.33 bits per heavy atom. The molecule has 1 unspecified atom stereocenters. The van der Waals surface area contributed by atoms with Gasteiger partial charge in [0.25, 0.3) is 0 Å². The van der Waals surface area contributed by atoms with Gasteiger partial charge in [-0.1, -0.05) is 30.7 Å². The van der Waals surface area contributed by atoms with Crippen LogP contribution in [0.2, 0.25) is 0 Å². The van der Waals surface area contributed by atoms with E-state index in [0.717, 1.165) is 0 Å². The summed E-state index contributed by atoms with van der Waals surface area (Å²) in [5, 5.41) is 0. The molecule has 0 aromatic rings. The van der Waals surface area contributed by atoms with E-state index in [9.17, 15) is 4.79 Å². The minimum Gasteiger partial charge on any atom is -0.300 e. The summed E-state index contributed by atoms with van der Waals surface area (Å²) in [7, 11) is 0. The Morgan fingerprint density at radius 1 is 1.78 bits per heavy atom. The highest BCUT2D eigenvalue weighted by Crippen LogP contribution is 2.08. The lowest BCUT2D eigenvalue weighted by Gasteiger charge is -2.02. The van der Waals surface area contributed by atoms with Crippen LogP contribution in [0.4, 0.5) is 0 Å². The zero-order valence-electron chi connectivity index (χ0n) is 5.48. The van der Waals surface area contributed by atoms with Crippen molar-refractivity contribution in [2.75, 3.05) is 0 Å². The van der Waals surface area contributed by atoms with Crippen molar-refractivity contribution in [1.82, 2.24) is 0 Å². The Labute approximate surface area is 65.4 Å². The van der Waals surface area contributed by atoms with E-state index in [1.807, 2.05) is 6.92 Å². The Balaban J connectivity index is 3.63. The molecule has 52 valence electrons. The molecule has 0 saturated carbocycles. The number of hydrogen-bond acceptors (Lipinski definition) is 2. The Morgan fingerprint density at radius 2 is 2.22 bits per heavy atom. The zero-order valence-corrected chi connectivity index (χ0v) is 7.05. The van der Waals surface area contributed by atoms with Crippen LogP contribution in [0.15, 0.2) is 0 Å². The summed E-state index contributed by atoms with van der Waals surface area (Å²) >= 11 is 10.1. The number of carbonyl (C=O) groups is 1. The van der Waals surface area contributed by atoms with Gasteiger partial charge >= 0.3 is 0 Å². The predicted octanol–water partition coefficient (Wildman–Crippen LogP) is 2.17. The van der Waals surface area contributed by atoms with Gasteiger partial charge < -0.3 is 4.79 Å². The molecule has 3 heteroatoms. The third-order valence-electron chi connectivity index (χ3n) is 0.981. The van der Waals surface area contributed by atoms with Crippen LogP contribution in [-0.4, -0.2) is 10.1 Å². The maximum Gasteiger partial charge on any atom is 0.130 e. The summed E-state index contributed by atoms with van der Waals surface area (Å²) in [6.07, 6.45) is 0.461. The van der Waals surface area contributed by atoms with Gasteiger partial charge in [0.05, 0.1) is 4.32 Å². The monoisotopic (exact) mass is 164 g/mol. The quantitative estimate of drug-likeness (QED) is 0.470. The number of thiocarbonyl (C=S) groups is 1. The molecule has 0 aromatic heterocycles. The van der Waals surface area contributed by atoms with Crippen LogP contribution < -0.4 is 0 Å². The average Bonchev–Trinajstić information content (AvgIpc) is 1.63. The van der Waals surface area contributed by atoms with Gasteiger partial charge in [-0.15, -0.1) is 0 Å². The van der Waals surface area contributed by atoms with Crippen molar-refractivity contribution in [2.45, 2.75) is 20.3 Å². The maximum absolute atomic E-state index is 10.4.